The molecule has 19 heavy (non-hydrogen) atoms. The highest BCUT2D eigenvalue weighted by atomic mass is 16.2. The van der Waals surface area contributed by atoms with E-state index in [4.69, 9.17) is 0 Å². The average molecular weight is 268 g/mol. The summed E-state index contributed by atoms with van der Waals surface area (Å²) < 4.78 is 0. The van der Waals surface area contributed by atoms with E-state index in [1.165, 1.54) is 0 Å². The fraction of sp³-hybridized carbons (Fsp3) is 0.867. The van der Waals surface area contributed by atoms with Gasteiger partial charge in [0.25, 0.3) is 0 Å². The van der Waals surface area contributed by atoms with Gasteiger partial charge >= 0.3 is 0 Å². The number of hydrogen-bond acceptors (Lipinski definition) is 3. The molecule has 0 atom stereocenters. The minimum atomic E-state index is 0.0928. The lowest BCUT2D eigenvalue weighted by Gasteiger charge is -2.35. The number of nitrogens with zero attached hydrogens (tertiary/aromatic N) is 2. The summed E-state index contributed by atoms with van der Waals surface area (Å²) >= 11 is 0. The van der Waals surface area contributed by atoms with Crippen LogP contribution in [0.4, 0.5) is 0 Å². The highest BCUT2D eigenvalue weighted by molar-refractivity contribution is 5.80. The molecule has 4 heteroatoms. The van der Waals surface area contributed by atoms with Crippen LogP contribution in [-0.2, 0) is 9.59 Å². The summed E-state index contributed by atoms with van der Waals surface area (Å²) in [6, 6.07) is 0. The third kappa shape index (κ3) is 5.31. The molecule has 110 valence electrons. The van der Waals surface area contributed by atoms with Crippen molar-refractivity contribution in [2.24, 2.45) is 11.8 Å². The Balaban J connectivity index is 2.20. The van der Waals surface area contributed by atoms with Crippen LogP contribution in [0.3, 0.4) is 0 Å². The minimum absolute atomic E-state index is 0.0928. The molecule has 1 fully saturated rings. The molecule has 0 aromatic heterocycles. The first-order valence-electron chi connectivity index (χ1n) is 7.45. The lowest BCUT2D eigenvalue weighted by molar-refractivity contribution is -0.136. The Labute approximate surface area is 117 Å². The number of carbonyl (C=O) groups excluding carboxylic acids is 2. The number of piperazine rings is 1. The van der Waals surface area contributed by atoms with Gasteiger partial charge in [0.05, 0.1) is 0 Å². The zero-order valence-corrected chi connectivity index (χ0v) is 12.8. The molecule has 0 radical (unpaired) electrons. The topological polar surface area (TPSA) is 40.6 Å². The predicted octanol–water partition coefficient (Wildman–Crippen LogP) is 1.79. The summed E-state index contributed by atoms with van der Waals surface area (Å²) in [6.07, 6.45) is 1.62. The van der Waals surface area contributed by atoms with E-state index in [0.29, 0.717) is 12.2 Å². The smallest absolute Gasteiger partial charge is 0.225 e. The Morgan fingerprint density at radius 3 is 2.00 bits per heavy atom. The summed E-state index contributed by atoms with van der Waals surface area (Å²) in [6.45, 7) is 12.3. The zero-order chi connectivity index (χ0) is 14.4. The molecule has 1 rings (SSSR count). The Morgan fingerprint density at radius 1 is 0.947 bits per heavy atom. The number of amides is 1. The molecule has 0 N–H and O–H groups in total. The maximum Gasteiger partial charge on any atom is 0.225 e. The van der Waals surface area contributed by atoms with Crippen LogP contribution in [0.15, 0.2) is 0 Å². The molecule has 0 bridgehead atoms. The molecule has 1 heterocycles. The number of Topliss-reactive ketones (excluding diaryl/α,β-unsaturated/α-hetero) is 1. The van der Waals surface area contributed by atoms with Crippen molar-refractivity contribution in [2.45, 2.75) is 40.5 Å². The van der Waals surface area contributed by atoms with Crippen LogP contribution in [0.1, 0.15) is 40.5 Å². The van der Waals surface area contributed by atoms with Crippen LogP contribution >= 0.6 is 0 Å². The van der Waals surface area contributed by atoms with E-state index in [9.17, 15) is 9.59 Å². The van der Waals surface area contributed by atoms with E-state index in [-0.39, 0.29) is 17.7 Å². The van der Waals surface area contributed by atoms with E-state index >= 15 is 0 Å². The molecule has 0 spiro atoms. The van der Waals surface area contributed by atoms with Crippen molar-refractivity contribution in [2.75, 3.05) is 32.7 Å². The predicted molar refractivity (Wildman–Crippen MR) is 76.9 cm³/mol. The van der Waals surface area contributed by atoms with E-state index < -0.39 is 0 Å². The van der Waals surface area contributed by atoms with Crippen LogP contribution in [0.25, 0.3) is 0 Å². The summed E-state index contributed by atoms with van der Waals surface area (Å²) in [5.41, 5.74) is 0. The highest BCUT2D eigenvalue weighted by Gasteiger charge is 2.22. The quantitative estimate of drug-likeness (QED) is 0.737. The van der Waals surface area contributed by atoms with Gasteiger partial charge in [-0.05, 0) is 13.0 Å². The normalized spacial score (nSPS) is 17.3. The van der Waals surface area contributed by atoms with Crippen molar-refractivity contribution >= 4 is 11.7 Å². The summed E-state index contributed by atoms with van der Waals surface area (Å²) in [5, 5.41) is 0. The van der Waals surface area contributed by atoms with Gasteiger partial charge in [-0.3, -0.25) is 14.5 Å². The largest absolute Gasteiger partial charge is 0.340 e. The SMILES string of the molecule is CC(C)C(=O)CCCN1CCN(C(=O)C(C)C)CC1. The lowest BCUT2D eigenvalue weighted by atomic mass is 10.0. The molecule has 0 aliphatic carbocycles. The van der Waals surface area contributed by atoms with Crippen molar-refractivity contribution in [3.05, 3.63) is 0 Å². The Hall–Kier alpha value is -0.900. The summed E-state index contributed by atoms with van der Waals surface area (Å²) in [7, 11) is 0. The molecule has 4 nitrogen and oxygen atoms in total. The third-order valence-electron chi connectivity index (χ3n) is 3.72. The first-order valence-corrected chi connectivity index (χ1v) is 7.45. The van der Waals surface area contributed by atoms with Gasteiger partial charge in [-0.15, -0.1) is 0 Å². The van der Waals surface area contributed by atoms with Crippen molar-refractivity contribution in [1.29, 1.82) is 0 Å². The van der Waals surface area contributed by atoms with Gasteiger partial charge in [0.15, 0.2) is 0 Å². The van der Waals surface area contributed by atoms with Crippen molar-refractivity contribution in [1.82, 2.24) is 9.80 Å². The van der Waals surface area contributed by atoms with Crippen LogP contribution in [-0.4, -0.2) is 54.2 Å². The summed E-state index contributed by atoms with van der Waals surface area (Å²) in [4.78, 5) is 27.7. The standard InChI is InChI=1S/C15H28N2O2/c1-12(2)14(18)6-5-7-16-8-10-17(11-9-16)15(19)13(3)4/h12-13H,5-11H2,1-4H3. The second-order valence-electron chi connectivity index (χ2n) is 6.05. The lowest BCUT2D eigenvalue weighted by Crippen LogP contribution is -2.49. The fourth-order valence-electron chi connectivity index (χ4n) is 2.32. The second-order valence-corrected chi connectivity index (χ2v) is 6.05. The van der Waals surface area contributed by atoms with Crippen LogP contribution in [0, 0.1) is 11.8 Å². The van der Waals surface area contributed by atoms with Crippen molar-refractivity contribution < 1.29 is 9.59 Å². The monoisotopic (exact) mass is 268 g/mol. The van der Waals surface area contributed by atoms with Gasteiger partial charge in [0, 0.05) is 44.4 Å². The molecule has 1 aliphatic rings. The van der Waals surface area contributed by atoms with Gasteiger partial charge in [0.1, 0.15) is 5.78 Å². The Morgan fingerprint density at radius 2 is 1.53 bits per heavy atom. The van der Waals surface area contributed by atoms with Gasteiger partial charge < -0.3 is 4.90 Å². The highest BCUT2D eigenvalue weighted by Crippen LogP contribution is 2.09. The van der Waals surface area contributed by atoms with Gasteiger partial charge in [-0.1, -0.05) is 27.7 Å². The average Bonchev–Trinajstić information content (AvgIpc) is 2.38. The molecular formula is C15H28N2O2. The van der Waals surface area contributed by atoms with Gasteiger partial charge in [-0.25, -0.2) is 0 Å². The number of carbonyl (C=O) groups is 2. The van der Waals surface area contributed by atoms with E-state index in [1.54, 1.807) is 0 Å². The minimum Gasteiger partial charge on any atom is -0.340 e. The van der Waals surface area contributed by atoms with Crippen LogP contribution < -0.4 is 0 Å². The molecule has 1 amide bonds. The molecule has 0 aromatic carbocycles. The Bertz CT molecular complexity index is 303. The maximum absolute atomic E-state index is 11.8. The first-order chi connectivity index (χ1) is 8.91. The molecular weight excluding hydrogens is 240 g/mol. The second kappa shape index (κ2) is 7.63. The zero-order valence-electron chi connectivity index (χ0n) is 12.8. The summed E-state index contributed by atoms with van der Waals surface area (Å²) in [5.74, 6) is 0.860. The fourth-order valence-corrected chi connectivity index (χ4v) is 2.32. The van der Waals surface area contributed by atoms with Gasteiger partial charge in [0.2, 0.25) is 5.91 Å². The molecule has 0 unspecified atom stereocenters. The maximum atomic E-state index is 11.8. The molecule has 1 saturated heterocycles. The number of hydrogen-bond donors (Lipinski definition) is 0. The van der Waals surface area contributed by atoms with Crippen LogP contribution in [0.2, 0.25) is 0 Å². The third-order valence-corrected chi connectivity index (χ3v) is 3.72. The molecule has 1 aliphatic heterocycles. The van der Waals surface area contributed by atoms with E-state index in [0.717, 1.165) is 39.1 Å². The van der Waals surface area contributed by atoms with Crippen molar-refractivity contribution in [3.8, 4) is 0 Å². The first kappa shape index (κ1) is 16.2. The van der Waals surface area contributed by atoms with E-state index in [2.05, 4.69) is 4.90 Å². The van der Waals surface area contributed by atoms with Crippen LogP contribution in [0.5, 0.6) is 0 Å². The molecule has 0 aromatic rings. The Kier molecular flexibility index (Phi) is 6.49. The van der Waals surface area contributed by atoms with E-state index in [1.807, 2.05) is 32.6 Å². The molecule has 0 saturated carbocycles. The number of ketones is 1. The van der Waals surface area contributed by atoms with Gasteiger partial charge in [-0.2, -0.15) is 0 Å². The van der Waals surface area contributed by atoms with Crippen molar-refractivity contribution in [3.63, 3.8) is 0 Å². The number of rotatable bonds is 6.